The molecule has 4 nitrogen and oxygen atoms in total. The highest BCUT2D eigenvalue weighted by molar-refractivity contribution is 5.72. The van der Waals surface area contributed by atoms with Gasteiger partial charge < -0.3 is 9.84 Å². The van der Waals surface area contributed by atoms with Crippen molar-refractivity contribution in [1.29, 1.82) is 0 Å². The quantitative estimate of drug-likeness (QED) is 0.829. The summed E-state index contributed by atoms with van der Waals surface area (Å²) in [6, 6.07) is 9.78. The largest absolute Gasteiger partial charge is 0.447 e. The predicted octanol–water partition coefficient (Wildman–Crippen LogP) is 2.12. The number of fused-ring (bicyclic) bond motifs is 1. The van der Waals surface area contributed by atoms with Gasteiger partial charge >= 0.3 is 6.09 Å². The molecule has 1 aromatic carbocycles. The highest BCUT2D eigenvalue weighted by atomic mass is 16.6. The number of benzene rings is 1. The maximum Gasteiger partial charge on any atom is 0.410 e. The summed E-state index contributed by atoms with van der Waals surface area (Å²) in [5.74, 6) is 0. The van der Waals surface area contributed by atoms with Crippen molar-refractivity contribution in [1.82, 2.24) is 4.90 Å². The van der Waals surface area contributed by atoms with E-state index in [1.165, 1.54) is 0 Å². The number of aliphatic hydroxyl groups is 1. The molecule has 1 amide bonds. The molecule has 0 aliphatic carbocycles. The fourth-order valence-corrected chi connectivity index (χ4v) is 2.70. The fraction of sp³-hybridized carbons (Fsp3) is 0.500. The van der Waals surface area contributed by atoms with Crippen molar-refractivity contribution in [2.24, 2.45) is 0 Å². The van der Waals surface area contributed by atoms with Gasteiger partial charge in [0.25, 0.3) is 0 Å². The van der Waals surface area contributed by atoms with Gasteiger partial charge in [0.15, 0.2) is 0 Å². The zero-order chi connectivity index (χ0) is 13.2. The number of carbonyl (C=O) groups is 1. The van der Waals surface area contributed by atoms with E-state index in [0.29, 0.717) is 19.6 Å². The van der Waals surface area contributed by atoms with Crippen molar-refractivity contribution in [3.8, 4) is 0 Å². The summed E-state index contributed by atoms with van der Waals surface area (Å²) in [6.07, 6.45) is -0.212. The van der Waals surface area contributed by atoms with E-state index in [9.17, 15) is 9.90 Å². The number of carbonyl (C=O) groups excluding carboxylic acids is 1. The number of rotatable bonds is 1. The second kappa shape index (κ2) is 4.98. The van der Waals surface area contributed by atoms with Crippen LogP contribution in [0.25, 0.3) is 0 Å². The molecule has 0 saturated carbocycles. The molecule has 1 aromatic rings. The Balaban J connectivity index is 0.000000574. The van der Waals surface area contributed by atoms with Gasteiger partial charge in [-0.25, -0.2) is 4.79 Å². The van der Waals surface area contributed by atoms with Crippen LogP contribution in [0.5, 0.6) is 0 Å². The van der Waals surface area contributed by atoms with Crippen LogP contribution in [0.1, 0.15) is 25.8 Å². The second-order valence-electron chi connectivity index (χ2n) is 4.42. The summed E-state index contributed by atoms with van der Waals surface area (Å²) < 4.78 is 5.10. The van der Waals surface area contributed by atoms with Crippen LogP contribution in [-0.4, -0.2) is 35.4 Å². The molecule has 2 saturated heterocycles. The molecule has 3 rings (SSSR count). The van der Waals surface area contributed by atoms with Crippen LogP contribution in [0.3, 0.4) is 0 Å². The topological polar surface area (TPSA) is 49.8 Å². The Morgan fingerprint density at radius 1 is 1.33 bits per heavy atom. The zero-order valence-electron chi connectivity index (χ0n) is 10.8. The molecule has 2 aliphatic rings. The normalized spacial score (nSPS) is 29.4. The van der Waals surface area contributed by atoms with Crippen LogP contribution in [0.2, 0.25) is 0 Å². The van der Waals surface area contributed by atoms with E-state index in [1.807, 2.05) is 44.2 Å². The summed E-state index contributed by atoms with van der Waals surface area (Å²) in [4.78, 5) is 13.2. The van der Waals surface area contributed by atoms with Gasteiger partial charge in [-0.3, -0.25) is 4.90 Å². The third-order valence-corrected chi connectivity index (χ3v) is 3.45. The minimum atomic E-state index is -0.451. The van der Waals surface area contributed by atoms with Crippen LogP contribution in [0.4, 0.5) is 4.79 Å². The van der Waals surface area contributed by atoms with Crippen molar-refractivity contribution in [2.75, 3.05) is 13.2 Å². The molecule has 1 unspecified atom stereocenters. The molecular formula is C14H19NO3. The van der Waals surface area contributed by atoms with Crippen molar-refractivity contribution in [3.63, 3.8) is 0 Å². The lowest BCUT2D eigenvalue weighted by Gasteiger charge is -2.28. The minimum absolute atomic E-state index is 0.319. The number of nitrogens with zero attached hydrogens (tertiary/aromatic N) is 1. The molecule has 2 fully saturated rings. The number of amides is 1. The van der Waals surface area contributed by atoms with E-state index in [4.69, 9.17) is 4.74 Å². The molecule has 98 valence electrons. The van der Waals surface area contributed by atoms with E-state index in [-0.39, 0.29) is 6.09 Å². The molecule has 0 radical (unpaired) electrons. The van der Waals surface area contributed by atoms with Crippen molar-refractivity contribution in [2.45, 2.75) is 31.9 Å². The van der Waals surface area contributed by atoms with E-state index >= 15 is 0 Å². The smallest absolute Gasteiger partial charge is 0.410 e. The standard InChI is InChI=1S/C12H13NO3.C2H6/c14-10-6-12(9-4-2-1-3-5-9)8-16-11(15)13(12)7-10;1-2/h1-5,10,14H,6-8H2;1-2H3/t10?,12-;/m1./s1. The first-order chi connectivity index (χ1) is 8.72. The molecule has 0 aromatic heterocycles. The van der Waals surface area contributed by atoms with Gasteiger partial charge in [0.05, 0.1) is 12.6 Å². The Kier molecular flexibility index (Phi) is 3.57. The molecule has 2 aliphatic heterocycles. The van der Waals surface area contributed by atoms with Gasteiger partial charge in [-0.05, 0) is 5.56 Å². The van der Waals surface area contributed by atoms with Gasteiger partial charge in [0, 0.05) is 6.42 Å². The lowest BCUT2D eigenvalue weighted by Crippen LogP contribution is -2.39. The molecule has 0 spiro atoms. The Morgan fingerprint density at radius 2 is 2.00 bits per heavy atom. The summed E-state index contributed by atoms with van der Waals surface area (Å²) in [5.41, 5.74) is 0.593. The van der Waals surface area contributed by atoms with Crippen LogP contribution >= 0.6 is 0 Å². The van der Waals surface area contributed by atoms with Gasteiger partial charge in [0.1, 0.15) is 12.1 Å². The number of cyclic esters (lactones) is 1. The lowest BCUT2D eigenvalue weighted by molar-refractivity contribution is 0.135. The first-order valence-electron chi connectivity index (χ1n) is 6.40. The van der Waals surface area contributed by atoms with Gasteiger partial charge in [-0.1, -0.05) is 44.2 Å². The maximum absolute atomic E-state index is 11.6. The van der Waals surface area contributed by atoms with Crippen molar-refractivity contribution >= 4 is 6.09 Å². The number of hydrogen-bond donors (Lipinski definition) is 1. The van der Waals surface area contributed by atoms with E-state index in [0.717, 1.165) is 5.56 Å². The molecule has 2 atom stereocenters. The van der Waals surface area contributed by atoms with Crippen LogP contribution in [-0.2, 0) is 10.3 Å². The number of ether oxygens (including phenoxy) is 1. The minimum Gasteiger partial charge on any atom is -0.447 e. The molecule has 4 heteroatoms. The van der Waals surface area contributed by atoms with Crippen molar-refractivity contribution < 1.29 is 14.6 Å². The first kappa shape index (κ1) is 12.9. The van der Waals surface area contributed by atoms with Gasteiger partial charge in [-0.2, -0.15) is 0 Å². The highest BCUT2D eigenvalue weighted by Gasteiger charge is 2.54. The Hall–Kier alpha value is -1.55. The average Bonchev–Trinajstić information content (AvgIpc) is 2.91. The monoisotopic (exact) mass is 249 g/mol. The molecule has 1 N–H and O–H groups in total. The van der Waals surface area contributed by atoms with E-state index in [2.05, 4.69) is 0 Å². The second-order valence-corrected chi connectivity index (χ2v) is 4.42. The van der Waals surface area contributed by atoms with Gasteiger partial charge in [0.2, 0.25) is 0 Å². The molecule has 0 bridgehead atoms. The Morgan fingerprint density at radius 3 is 2.67 bits per heavy atom. The maximum atomic E-state index is 11.6. The third kappa shape index (κ3) is 1.86. The van der Waals surface area contributed by atoms with Gasteiger partial charge in [-0.15, -0.1) is 0 Å². The van der Waals surface area contributed by atoms with E-state index in [1.54, 1.807) is 4.90 Å². The van der Waals surface area contributed by atoms with Crippen LogP contribution in [0, 0.1) is 0 Å². The summed E-state index contributed by atoms with van der Waals surface area (Å²) in [5, 5.41) is 9.73. The third-order valence-electron chi connectivity index (χ3n) is 3.45. The van der Waals surface area contributed by atoms with E-state index < -0.39 is 11.6 Å². The fourth-order valence-electron chi connectivity index (χ4n) is 2.70. The summed E-state index contributed by atoms with van der Waals surface area (Å²) in [7, 11) is 0. The molecule has 2 heterocycles. The zero-order valence-corrected chi connectivity index (χ0v) is 10.8. The van der Waals surface area contributed by atoms with Crippen molar-refractivity contribution in [3.05, 3.63) is 35.9 Å². The average molecular weight is 249 g/mol. The Labute approximate surface area is 107 Å². The van der Waals surface area contributed by atoms with Crippen LogP contribution in [0.15, 0.2) is 30.3 Å². The predicted molar refractivity (Wildman–Crippen MR) is 68.1 cm³/mol. The lowest BCUT2D eigenvalue weighted by atomic mass is 9.88. The Bertz CT molecular complexity index is 420. The first-order valence-corrected chi connectivity index (χ1v) is 6.40. The summed E-state index contributed by atoms with van der Waals surface area (Å²) in [6.45, 7) is 4.71. The molecule has 18 heavy (non-hydrogen) atoms. The summed E-state index contributed by atoms with van der Waals surface area (Å²) >= 11 is 0. The van der Waals surface area contributed by atoms with Crippen LogP contribution < -0.4 is 0 Å². The number of aliphatic hydroxyl groups excluding tert-OH is 1. The molecular weight excluding hydrogens is 230 g/mol. The number of hydrogen-bond acceptors (Lipinski definition) is 3. The highest BCUT2D eigenvalue weighted by Crippen LogP contribution is 2.43. The SMILES string of the molecule is CC.O=C1OC[C@@]2(c3ccccc3)CC(O)CN12.